The first-order valence-electron chi connectivity index (χ1n) is 6.37. The van der Waals surface area contributed by atoms with Crippen LogP contribution in [0.3, 0.4) is 0 Å². The quantitative estimate of drug-likeness (QED) is 0.768. The zero-order chi connectivity index (χ0) is 12.8. The molecule has 0 aliphatic carbocycles. The van der Waals surface area contributed by atoms with Crippen molar-refractivity contribution in [1.29, 1.82) is 0 Å². The number of oxazole rings is 1. The lowest BCUT2D eigenvalue weighted by Gasteiger charge is -2.24. The smallest absolute Gasteiger partial charge is 0.294 e. The minimum atomic E-state index is 0.626. The van der Waals surface area contributed by atoms with Crippen molar-refractivity contribution in [3.63, 3.8) is 0 Å². The Labute approximate surface area is 104 Å². The third-order valence-electron chi connectivity index (χ3n) is 3.11. The number of rotatable bonds is 7. The second-order valence-corrected chi connectivity index (χ2v) is 5.21. The van der Waals surface area contributed by atoms with Gasteiger partial charge in [-0.15, -0.1) is 0 Å². The van der Waals surface area contributed by atoms with Crippen LogP contribution in [-0.2, 0) is 6.54 Å². The molecule has 0 aliphatic rings. The molecule has 0 unspecified atom stereocenters. The van der Waals surface area contributed by atoms with E-state index in [1.807, 2.05) is 7.05 Å². The van der Waals surface area contributed by atoms with Crippen molar-refractivity contribution in [2.75, 3.05) is 18.9 Å². The summed E-state index contributed by atoms with van der Waals surface area (Å²) in [7, 11) is 1.90. The van der Waals surface area contributed by atoms with Gasteiger partial charge in [0.1, 0.15) is 6.26 Å². The first-order valence-corrected chi connectivity index (χ1v) is 6.37. The van der Waals surface area contributed by atoms with E-state index in [9.17, 15) is 0 Å². The SMILES string of the molecule is CNCc1coc(NCC(C(C)C)C(C)C)n1. The average Bonchev–Trinajstić information content (AvgIpc) is 2.65. The van der Waals surface area contributed by atoms with E-state index < -0.39 is 0 Å². The van der Waals surface area contributed by atoms with Crippen molar-refractivity contribution in [2.24, 2.45) is 17.8 Å². The Morgan fingerprint density at radius 1 is 1.24 bits per heavy atom. The van der Waals surface area contributed by atoms with E-state index in [1.165, 1.54) is 0 Å². The molecule has 1 rings (SSSR count). The molecule has 1 heterocycles. The molecule has 0 amide bonds. The molecule has 1 aromatic heterocycles. The molecule has 0 fully saturated rings. The van der Waals surface area contributed by atoms with Crippen LogP contribution in [0.25, 0.3) is 0 Å². The molecular formula is C13H25N3O. The standard InChI is InChI=1S/C13H25N3O/c1-9(2)12(10(3)4)7-15-13-16-11(6-14-5)8-17-13/h8-10,12,14H,6-7H2,1-5H3,(H,15,16). The van der Waals surface area contributed by atoms with Crippen LogP contribution >= 0.6 is 0 Å². The highest BCUT2D eigenvalue weighted by atomic mass is 16.4. The van der Waals surface area contributed by atoms with Crippen molar-refractivity contribution in [3.05, 3.63) is 12.0 Å². The van der Waals surface area contributed by atoms with Crippen molar-refractivity contribution >= 4 is 6.01 Å². The van der Waals surface area contributed by atoms with Crippen LogP contribution in [0.5, 0.6) is 0 Å². The topological polar surface area (TPSA) is 50.1 Å². The van der Waals surface area contributed by atoms with Crippen molar-refractivity contribution in [1.82, 2.24) is 10.3 Å². The van der Waals surface area contributed by atoms with E-state index in [-0.39, 0.29) is 0 Å². The molecule has 0 saturated heterocycles. The summed E-state index contributed by atoms with van der Waals surface area (Å²) in [6.07, 6.45) is 1.69. The lowest BCUT2D eigenvalue weighted by atomic mass is 9.85. The summed E-state index contributed by atoms with van der Waals surface area (Å²) < 4.78 is 5.36. The summed E-state index contributed by atoms with van der Waals surface area (Å²) in [5.74, 6) is 1.96. The van der Waals surface area contributed by atoms with Crippen molar-refractivity contribution < 1.29 is 4.42 Å². The maximum Gasteiger partial charge on any atom is 0.294 e. The fourth-order valence-corrected chi connectivity index (χ4v) is 2.10. The van der Waals surface area contributed by atoms with E-state index in [0.717, 1.165) is 18.8 Å². The molecule has 0 aromatic carbocycles. The fourth-order valence-electron chi connectivity index (χ4n) is 2.10. The van der Waals surface area contributed by atoms with Crippen LogP contribution in [-0.4, -0.2) is 18.6 Å². The number of hydrogen-bond acceptors (Lipinski definition) is 4. The van der Waals surface area contributed by atoms with Crippen LogP contribution in [0.15, 0.2) is 10.7 Å². The zero-order valence-corrected chi connectivity index (χ0v) is 11.6. The Bertz CT molecular complexity index is 312. The van der Waals surface area contributed by atoms with Gasteiger partial charge in [-0.05, 0) is 24.8 Å². The maximum atomic E-state index is 5.36. The summed E-state index contributed by atoms with van der Waals surface area (Å²) in [5.41, 5.74) is 0.931. The highest BCUT2D eigenvalue weighted by molar-refractivity contribution is 5.21. The normalized spacial score (nSPS) is 11.8. The minimum absolute atomic E-state index is 0.626. The number of aromatic nitrogens is 1. The number of nitrogens with zero attached hydrogens (tertiary/aromatic N) is 1. The second-order valence-electron chi connectivity index (χ2n) is 5.21. The predicted molar refractivity (Wildman–Crippen MR) is 70.9 cm³/mol. The number of nitrogens with one attached hydrogen (secondary N) is 2. The van der Waals surface area contributed by atoms with E-state index in [4.69, 9.17) is 4.42 Å². The predicted octanol–water partition coefficient (Wildman–Crippen LogP) is 2.73. The van der Waals surface area contributed by atoms with Crippen molar-refractivity contribution in [3.8, 4) is 0 Å². The molecule has 0 saturated carbocycles. The summed E-state index contributed by atoms with van der Waals surface area (Å²) in [6, 6.07) is 0.626. The van der Waals surface area contributed by atoms with E-state index in [1.54, 1.807) is 6.26 Å². The van der Waals surface area contributed by atoms with Gasteiger partial charge in [0.05, 0.1) is 5.69 Å². The maximum absolute atomic E-state index is 5.36. The molecule has 0 radical (unpaired) electrons. The molecule has 1 aromatic rings. The highest BCUT2D eigenvalue weighted by Crippen LogP contribution is 2.21. The molecule has 98 valence electrons. The largest absolute Gasteiger partial charge is 0.432 e. The lowest BCUT2D eigenvalue weighted by Crippen LogP contribution is -2.24. The number of hydrogen-bond donors (Lipinski definition) is 2. The number of anilines is 1. The van der Waals surface area contributed by atoms with Gasteiger partial charge < -0.3 is 15.1 Å². The molecule has 0 atom stereocenters. The first kappa shape index (κ1) is 14.0. The Hall–Kier alpha value is -1.03. The molecule has 17 heavy (non-hydrogen) atoms. The molecule has 0 aliphatic heterocycles. The second kappa shape index (κ2) is 6.64. The van der Waals surface area contributed by atoms with Crippen molar-refractivity contribution in [2.45, 2.75) is 34.2 Å². The van der Waals surface area contributed by atoms with E-state index in [0.29, 0.717) is 23.8 Å². The fraction of sp³-hybridized carbons (Fsp3) is 0.769. The van der Waals surface area contributed by atoms with Gasteiger partial charge in [0.25, 0.3) is 6.01 Å². The molecular weight excluding hydrogens is 214 g/mol. The first-order chi connectivity index (χ1) is 8.04. The average molecular weight is 239 g/mol. The Morgan fingerprint density at radius 2 is 1.88 bits per heavy atom. The summed E-state index contributed by atoms with van der Waals surface area (Å²) >= 11 is 0. The summed E-state index contributed by atoms with van der Waals surface area (Å²) in [5, 5.41) is 6.33. The lowest BCUT2D eigenvalue weighted by molar-refractivity contribution is 0.302. The van der Waals surface area contributed by atoms with E-state index >= 15 is 0 Å². The third-order valence-corrected chi connectivity index (χ3v) is 3.11. The molecule has 0 spiro atoms. The van der Waals surface area contributed by atoms with Gasteiger partial charge in [0.15, 0.2) is 0 Å². The third kappa shape index (κ3) is 4.38. The van der Waals surface area contributed by atoms with Gasteiger partial charge in [-0.2, -0.15) is 4.98 Å². The van der Waals surface area contributed by atoms with Gasteiger partial charge in [0.2, 0.25) is 0 Å². The molecule has 0 bridgehead atoms. The zero-order valence-electron chi connectivity index (χ0n) is 11.6. The van der Waals surface area contributed by atoms with Crippen LogP contribution in [0.4, 0.5) is 6.01 Å². The van der Waals surface area contributed by atoms with Gasteiger partial charge in [-0.3, -0.25) is 0 Å². The monoisotopic (exact) mass is 239 g/mol. The Morgan fingerprint density at radius 3 is 2.41 bits per heavy atom. The molecule has 4 heteroatoms. The van der Waals surface area contributed by atoms with Crippen LogP contribution in [0, 0.1) is 17.8 Å². The van der Waals surface area contributed by atoms with Crippen LogP contribution in [0.2, 0.25) is 0 Å². The van der Waals surface area contributed by atoms with Gasteiger partial charge >= 0.3 is 0 Å². The minimum Gasteiger partial charge on any atom is -0.432 e. The molecule has 4 nitrogen and oxygen atoms in total. The highest BCUT2D eigenvalue weighted by Gasteiger charge is 2.17. The summed E-state index contributed by atoms with van der Waals surface area (Å²) in [4.78, 5) is 4.35. The van der Waals surface area contributed by atoms with Gasteiger partial charge in [0, 0.05) is 13.1 Å². The summed E-state index contributed by atoms with van der Waals surface area (Å²) in [6.45, 7) is 10.7. The van der Waals surface area contributed by atoms with Gasteiger partial charge in [-0.1, -0.05) is 27.7 Å². The van der Waals surface area contributed by atoms with Gasteiger partial charge in [-0.25, -0.2) is 0 Å². The van der Waals surface area contributed by atoms with E-state index in [2.05, 4.69) is 43.3 Å². The molecule has 2 N–H and O–H groups in total. The van der Waals surface area contributed by atoms with Crippen LogP contribution < -0.4 is 10.6 Å². The Balaban J connectivity index is 2.47. The Kier molecular flexibility index (Phi) is 5.48. The van der Waals surface area contributed by atoms with Crippen LogP contribution in [0.1, 0.15) is 33.4 Å².